The fourth-order valence-electron chi connectivity index (χ4n) is 1.92. The van der Waals surface area contributed by atoms with E-state index in [-0.39, 0.29) is 0 Å². The van der Waals surface area contributed by atoms with Gasteiger partial charge in [0.1, 0.15) is 16.6 Å². The number of pyridine rings is 2. The lowest BCUT2D eigenvalue weighted by Gasteiger charge is -2.27. The number of aromatic nitrogens is 2. The van der Waals surface area contributed by atoms with E-state index in [9.17, 15) is 4.79 Å². The van der Waals surface area contributed by atoms with Gasteiger partial charge >= 0.3 is 6.09 Å². The molecule has 128 valence electrons. The lowest BCUT2D eigenvalue weighted by atomic mass is 10.2. The number of hydrogen-bond acceptors (Lipinski definition) is 4. The summed E-state index contributed by atoms with van der Waals surface area (Å²) < 4.78 is 6.55. The summed E-state index contributed by atoms with van der Waals surface area (Å²) in [5.41, 5.74) is 1.10. The monoisotopic (exact) mass is 459 g/mol. The van der Waals surface area contributed by atoms with Crippen molar-refractivity contribution in [3.05, 3.63) is 50.4 Å². The molecule has 2 rings (SSSR count). The van der Waals surface area contributed by atoms with Gasteiger partial charge in [-0.05, 0) is 74.0 Å². The highest BCUT2D eigenvalue weighted by molar-refractivity contribution is 14.1. The fraction of sp³-hybridized carbons (Fsp3) is 0.353. The number of hydrogen-bond donors (Lipinski definition) is 0. The van der Waals surface area contributed by atoms with E-state index < -0.39 is 11.7 Å². The maximum absolute atomic E-state index is 12.6. The lowest BCUT2D eigenvalue weighted by molar-refractivity contribution is 0.0576. The molecule has 7 heteroatoms. The average molecular weight is 460 g/mol. The highest BCUT2D eigenvalue weighted by Gasteiger charge is 2.25. The zero-order valence-electron chi connectivity index (χ0n) is 14.0. The molecule has 0 bridgehead atoms. The Balaban J connectivity index is 2.34. The van der Waals surface area contributed by atoms with Crippen LogP contribution in [0.15, 0.2) is 30.5 Å². The van der Waals surface area contributed by atoms with Crippen LogP contribution in [-0.4, -0.2) is 21.7 Å². The molecule has 0 saturated carbocycles. The molecule has 2 heterocycles. The highest BCUT2D eigenvalue weighted by Crippen LogP contribution is 2.21. The van der Waals surface area contributed by atoms with Crippen LogP contribution < -0.4 is 4.90 Å². The molecule has 5 nitrogen and oxygen atoms in total. The summed E-state index contributed by atoms with van der Waals surface area (Å²) in [5, 5.41) is 0.408. The number of carbonyl (C=O) groups excluding carboxylic acids is 1. The van der Waals surface area contributed by atoms with Crippen LogP contribution in [0.25, 0.3) is 0 Å². The normalized spacial score (nSPS) is 11.2. The second kappa shape index (κ2) is 7.65. The molecule has 2 aromatic rings. The molecule has 0 spiro atoms. The summed E-state index contributed by atoms with van der Waals surface area (Å²) in [7, 11) is 0. The van der Waals surface area contributed by atoms with Crippen LogP contribution in [0, 0.1) is 10.5 Å². The number of carbonyl (C=O) groups is 1. The van der Waals surface area contributed by atoms with E-state index in [4.69, 9.17) is 16.3 Å². The molecular weight excluding hydrogens is 441 g/mol. The van der Waals surface area contributed by atoms with Gasteiger partial charge in [0.05, 0.1) is 12.2 Å². The van der Waals surface area contributed by atoms with Gasteiger partial charge in [0.25, 0.3) is 0 Å². The molecule has 0 aliphatic heterocycles. The van der Waals surface area contributed by atoms with Crippen molar-refractivity contribution in [2.45, 2.75) is 39.8 Å². The van der Waals surface area contributed by atoms with Crippen LogP contribution in [0.4, 0.5) is 10.6 Å². The molecule has 24 heavy (non-hydrogen) atoms. The van der Waals surface area contributed by atoms with Crippen molar-refractivity contribution < 1.29 is 9.53 Å². The maximum atomic E-state index is 12.6. The largest absolute Gasteiger partial charge is 0.443 e. The van der Waals surface area contributed by atoms with Crippen molar-refractivity contribution >= 4 is 46.1 Å². The summed E-state index contributed by atoms with van der Waals surface area (Å²) in [6.07, 6.45) is 1.18. The van der Waals surface area contributed by atoms with E-state index in [0.717, 1.165) is 14.8 Å². The number of amides is 1. The van der Waals surface area contributed by atoms with Gasteiger partial charge in [-0.2, -0.15) is 0 Å². The summed E-state index contributed by atoms with van der Waals surface area (Å²) in [6.45, 7) is 7.70. The molecular formula is C17H19ClIN3O2. The zero-order chi connectivity index (χ0) is 17.9. The molecule has 0 unspecified atom stereocenters. The van der Waals surface area contributed by atoms with Gasteiger partial charge in [0.2, 0.25) is 0 Å². The van der Waals surface area contributed by atoms with E-state index in [2.05, 4.69) is 32.6 Å². The number of aryl methyl sites for hydroxylation is 1. The second-order valence-corrected chi connectivity index (χ2v) is 7.84. The van der Waals surface area contributed by atoms with Crippen molar-refractivity contribution in [2.75, 3.05) is 4.90 Å². The molecule has 0 N–H and O–H groups in total. The predicted molar refractivity (Wildman–Crippen MR) is 103 cm³/mol. The SMILES string of the molecule is Cc1nc(N(Cc2ccc(Cl)nc2)C(=O)OC(C)(C)C)ccc1I. The molecule has 0 aliphatic rings. The van der Waals surface area contributed by atoms with Crippen LogP contribution in [0.5, 0.6) is 0 Å². The first-order chi connectivity index (χ1) is 11.2. The van der Waals surface area contributed by atoms with E-state index in [1.807, 2.05) is 45.9 Å². The van der Waals surface area contributed by atoms with Gasteiger partial charge in [-0.3, -0.25) is 4.90 Å². The summed E-state index contributed by atoms with van der Waals surface area (Å²) in [5.74, 6) is 0.539. The van der Waals surface area contributed by atoms with Crippen molar-refractivity contribution in [1.82, 2.24) is 9.97 Å². The highest BCUT2D eigenvalue weighted by atomic mass is 127. The van der Waals surface area contributed by atoms with Gasteiger partial charge in [-0.15, -0.1) is 0 Å². The number of anilines is 1. The van der Waals surface area contributed by atoms with Gasteiger partial charge in [0, 0.05) is 9.77 Å². The molecule has 0 atom stereocenters. The Morgan fingerprint density at radius 3 is 2.54 bits per heavy atom. The fourth-order valence-corrected chi connectivity index (χ4v) is 2.33. The number of nitrogens with zero attached hydrogens (tertiary/aromatic N) is 3. The van der Waals surface area contributed by atoms with Crippen LogP contribution in [0.2, 0.25) is 5.15 Å². The lowest BCUT2D eigenvalue weighted by Crippen LogP contribution is -2.37. The Kier molecular flexibility index (Phi) is 6.03. The third kappa shape index (κ3) is 5.31. The van der Waals surface area contributed by atoms with Crippen molar-refractivity contribution in [1.29, 1.82) is 0 Å². The van der Waals surface area contributed by atoms with E-state index in [0.29, 0.717) is 17.5 Å². The molecule has 0 aromatic carbocycles. The van der Waals surface area contributed by atoms with Crippen molar-refractivity contribution in [2.24, 2.45) is 0 Å². The molecule has 0 radical (unpaired) electrons. The first-order valence-electron chi connectivity index (χ1n) is 7.40. The van der Waals surface area contributed by atoms with E-state index >= 15 is 0 Å². The van der Waals surface area contributed by atoms with Gasteiger partial charge in [-0.25, -0.2) is 14.8 Å². The molecule has 2 aromatic heterocycles. The zero-order valence-corrected chi connectivity index (χ0v) is 16.9. The van der Waals surface area contributed by atoms with Gasteiger partial charge in [-0.1, -0.05) is 17.7 Å². The number of ether oxygens (including phenoxy) is 1. The van der Waals surface area contributed by atoms with Gasteiger partial charge in [0.15, 0.2) is 0 Å². The first-order valence-corrected chi connectivity index (χ1v) is 8.85. The summed E-state index contributed by atoms with van der Waals surface area (Å²) >= 11 is 8.03. The third-order valence-corrected chi connectivity index (χ3v) is 4.39. The molecule has 1 amide bonds. The van der Waals surface area contributed by atoms with Gasteiger partial charge < -0.3 is 4.74 Å². The Morgan fingerprint density at radius 1 is 1.29 bits per heavy atom. The standard InChI is InChI=1S/C17H19ClIN3O2/c1-11-13(19)6-8-15(21-11)22(16(23)24-17(2,3)4)10-12-5-7-14(18)20-9-12/h5-9H,10H2,1-4H3. The Morgan fingerprint density at radius 2 is 2.00 bits per heavy atom. The van der Waals surface area contributed by atoms with Crippen LogP contribution in [0.1, 0.15) is 32.0 Å². The van der Waals surface area contributed by atoms with Crippen molar-refractivity contribution in [3.8, 4) is 0 Å². The molecule has 0 saturated heterocycles. The minimum Gasteiger partial charge on any atom is -0.443 e. The van der Waals surface area contributed by atoms with E-state index in [1.165, 1.54) is 4.90 Å². The third-order valence-electron chi connectivity index (χ3n) is 3.03. The van der Waals surface area contributed by atoms with E-state index in [1.54, 1.807) is 12.3 Å². The average Bonchev–Trinajstić information content (AvgIpc) is 2.48. The maximum Gasteiger partial charge on any atom is 0.416 e. The number of halogens is 2. The second-order valence-electron chi connectivity index (χ2n) is 6.29. The topological polar surface area (TPSA) is 55.3 Å². The molecule has 0 aliphatic carbocycles. The molecule has 0 fully saturated rings. The Labute approximate surface area is 160 Å². The Hall–Kier alpha value is -1.41. The smallest absolute Gasteiger partial charge is 0.416 e. The minimum absolute atomic E-state index is 0.298. The predicted octanol–water partition coefficient (Wildman–Crippen LogP) is 4.98. The van der Waals surface area contributed by atoms with Crippen LogP contribution in [0.3, 0.4) is 0 Å². The minimum atomic E-state index is -0.591. The van der Waals surface area contributed by atoms with Crippen LogP contribution in [-0.2, 0) is 11.3 Å². The quantitative estimate of drug-likeness (QED) is 0.480. The van der Waals surface area contributed by atoms with Crippen molar-refractivity contribution in [3.63, 3.8) is 0 Å². The summed E-state index contributed by atoms with van der Waals surface area (Å²) in [6, 6.07) is 7.25. The number of rotatable bonds is 3. The summed E-state index contributed by atoms with van der Waals surface area (Å²) in [4.78, 5) is 22.7. The Bertz CT molecular complexity index is 730. The first kappa shape index (κ1) is 18.9. The van der Waals surface area contributed by atoms with Crippen LogP contribution >= 0.6 is 34.2 Å².